The fraction of sp³-hybridized carbons (Fsp3) is 0.0909. The molecule has 58 valence electrons. The van der Waals surface area contributed by atoms with Crippen molar-refractivity contribution in [2.75, 3.05) is 5.75 Å². The number of benzene rings is 1. The molecule has 1 aromatic rings. The summed E-state index contributed by atoms with van der Waals surface area (Å²) in [6, 6.07) is 8.60. The van der Waals surface area contributed by atoms with Crippen molar-refractivity contribution < 1.29 is 0 Å². The van der Waals surface area contributed by atoms with Crippen LogP contribution < -0.4 is 0 Å². The van der Waals surface area contributed by atoms with Crippen LogP contribution in [-0.2, 0) is 0 Å². The zero-order chi connectivity index (χ0) is 7.97. The van der Waals surface area contributed by atoms with E-state index in [1.165, 1.54) is 21.6 Å². The van der Waals surface area contributed by atoms with Crippen molar-refractivity contribution in [1.82, 2.24) is 0 Å². The molecule has 0 radical (unpaired) electrons. The highest BCUT2D eigenvalue weighted by atomic mass is 32.2. The summed E-state index contributed by atoms with van der Waals surface area (Å²) in [5.41, 5.74) is 4.25. The first-order valence-electron chi connectivity index (χ1n) is 4.09. The van der Waals surface area contributed by atoms with Crippen LogP contribution in [0.2, 0.25) is 0 Å². The van der Waals surface area contributed by atoms with Crippen molar-refractivity contribution in [3.05, 3.63) is 46.4 Å². The molecule has 0 aromatic heterocycles. The lowest BCUT2D eigenvalue weighted by Gasteiger charge is -1.97. The van der Waals surface area contributed by atoms with E-state index in [0.717, 1.165) is 5.75 Å². The van der Waals surface area contributed by atoms with Gasteiger partial charge in [0.25, 0.3) is 0 Å². The van der Waals surface area contributed by atoms with Gasteiger partial charge >= 0.3 is 0 Å². The van der Waals surface area contributed by atoms with Crippen molar-refractivity contribution in [2.45, 2.75) is 0 Å². The Morgan fingerprint density at radius 1 is 1.17 bits per heavy atom. The van der Waals surface area contributed by atoms with E-state index in [0.29, 0.717) is 0 Å². The summed E-state index contributed by atoms with van der Waals surface area (Å²) in [7, 11) is 0. The van der Waals surface area contributed by atoms with E-state index >= 15 is 0 Å². The molecule has 0 fully saturated rings. The molecular weight excluding hydrogens is 164 g/mol. The Bertz CT molecular complexity index is 399. The van der Waals surface area contributed by atoms with Crippen LogP contribution >= 0.6 is 11.8 Å². The number of hydrogen-bond acceptors (Lipinski definition) is 1. The number of allylic oxidation sites excluding steroid dienone is 1. The van der Waals surface area contributed by atoms with Crippen LogP contribution in [0, 0.1) is 0 Å². The third-order valence-corrected chi connectivity index (χ3v) is 3.31. The maximum absolute atomic E-state index is 2.32. The molecule has 0 N–H and O–H groups in total. The molecule has 0 bridgehead atoms. The third-order valence-electron chi connectivity index (χ3n) is 2.33. The maximum atomic E-state index is 2.32. The second-order valence-corrected chi connectivity index (χ2v) is 4.09. The molecule has 1 heterocycles. The van der Waals surface area contributed by atoms with Gasteiger partial charge in [-0.2, -0.15) is 0 Å². The van der Waals surface area contributed by atoms with Crippen LogP contribution in [0.25, 0.3) is 11.6 Å². The predicted molar refractivity (Wildman–Crippen MR) is 54.9 cm³/mol. The summed E-state index contributed by atoms with van der Waals surface area (Å²) >= 11 is 1.94. The molecule has 1 aromatic carbocycles. The van der Waals surface area contributed by atoms with Crippen LogP contribution in [-0.4, -0.2) is 5.75 Å². The van der Waals surface area contributed by atoms with E-state index in [4.69, 9.17) is 0 Å². The largest absolute Gasteiger partial charge is 0.121 e. The molecule has 0 nitrogen and oxygen atoms in total. The molecule has 1 aliphatic carbocycles. The molecule has 12 heavy (non-hydrogen) atoms. The van der Waals surface area contributed by atoms with Crippen LogP contribution in [0.4, 0.5) is 0 Å². The Balaban J connectivity index is 2.29. The number of hydrogen-bond donors (Lipinski definition) is 0. The minimum atomic E-state index is 1.15. The van der Waals surface area contributed by atoms with Gasteiger partial charge in [0.2, 0.25) is 0 Å². The maximum Gasteiger partial charge on any atom is 0.0170 e. The summed E-state index contributed by atoms with van der Waals surface area (Å²) in [6.45, 7) is 0. The second-order valence-electron chi connectivity index (χ2n) is 3.02. The molecule has 0 unspecified atom stereocenters. The van der Waals surface area contributed by atoms with Crippen LogP contribution in [0.3, 0.4) is 0 Å². The van der Waals surface area contributed by atoms with E-state index in [-0.39, 0.29) is 0 Å². The van der Waals surface area contributed by atoms with E-state index in [9.17, 15) is 0 Å². The molecule has 0 saturated heterocycles. The van der Waals surface area contributed by atoms with Crippen molar-refractivity contribution >= 4 is 23.4 Å². The minimum Gasteiger partial charge on any atom is -0.121 e. The van der Waals surface area contributed by atoms with Gasteiger partial charge in [-0.05, 0) is 22.8 Å². The first kappa shape index (κ1) is 6.55. The summed E-state index contributed by atoms with van der Waals surface area (Å²) in [4.78, 5) is 1.45. The standard InChI is InChI=1S/C11H8S/c1-2-4-9-8(3-1)7-11-10(9)5-6-12-11/h1-5,7H,6H2. The number of fused-ring (bicyclic) bond motifs is 3. The Kier molecular flexibility index (Phi) is 1.24. The van der Waals surface area contributed by atoms with Crippen LogP contribution in [0.15, 0.2) is 35.2 Å². The lowest BCUT2D eigenvalue weighted by molar-refractivity contribution is 1.61. The first-order valence-corrected chi connectivity index (χ1v) is 5.08. The normalized spacial score (nSPS) is 18.3. The molecule has 0 saturated carbocycles. The minimum absolute atomic E-state index is 1.15. The molecule has 0 amide bonds. The van der Waals surface area contributed by atoms with Gasteiger partial charge in [0.05, 0.1) is 0 Å². The van der Waals surface area contributed by atoms with Gasteiger partial charge in [-0.1, -0.05) is 30.3 Å². The second kappa shape index (κ2) is 2.27. The zero-order valence-corrected chi connectivity index (χ0v) is 7.40. The van der Waals surface area contributed by atoms with E-state index in [1.54, 1.807) is 0 Å². The molecule has 1 heteroatoms. The summed E-state index contributed by atoms with van der Waals surface area (Å²) in [6.07, 6.45) is 4.61. The summed E-state index contributed by atoms with van der Waals surface area (Å²) < 4.78 is 0. The fourth-order valence-electron chi connectivity index (χ4n) is 1.76. The van der Waals surface area contributed by atoms with Gasteiger partial charge in [-0.3, -0.25) is 0 Å². The highest BCUT2D eigenvalue weighted by Crippen LogP contribution is 2.45. The average Bonchev–Trinajstić information content (AvgIpc) is 2.62. The number of rotatable bonds is 0. The molecule has 1 aliphatic heterocycles. The highest BCUT2D eigenvalue weighted by molar-refractivity contribution is 8.04. The van der Waals surface area contributed by atoms with Crippen molar-refractivity contribution in [2.24, 2.45) is 0 Å². The van der Waals surface area contributed by atoms with Gasteiger partial charge in [-0.25, -0.2) is 0 Å². The zero-order valence-electron chi connectivity index (χ0n) is 6.58. The van der Waals surface area contributed by atoms with E-state index in [2.05, 4.69) is 36.4 Å². The van der Waals surface area contributed by atoms with Crippen molar-refractivity contribution in [3.8, 4) is 0 Å². The fourth-order valence-corrected chi connectivity index (χ4v) is 2.75. The summed E-state index contributed by atoms with van der Waals surface area (Å²) in [5.74, 6) is 1.15. The molecule has 3 rings (SSSR count). The predicted octanol–water partition coefficient (Wildman–Crippen LogP) is 3.17. The van der Waals surface area contributed by atoms with Gasteiger partial charge in [0.1, 0.15) is 0 Å². The third kappa shape index (κ3) is 0.745. The topological polar surface area (TPSA) is 0 Å². The van der Waals surface area contributed by atoms with Crippen LogP contribution in [0.1, 0.15) is 11.1 Å². The Labute approximate surface area is 76.0 Å². The molecular formula is C11H8S. The monoisotopic (exact) mass is 172 g/mol. The summed E-state index contributed by atoms with van der Waals surface area (Å²) in [5, 5.41) is 0. The van der Waals surface area contributed by atoms with Crippen LogP contribution in [0.5, 0.6) is 0 Å². The van der Waals surface area contributed by atoms with E-state index < -0.39 is 0 Å². The average molecular weight is 172 g/mol. The van der Waals surface area contributed by atoms with Gasteiger partial charge < -0.3 is 0 Å². The van der Waals surface area contributed by atoms with Gasteiger partial charge in [0, 0.05) is 10.7 Å². The van der Waals surface area contributed by atoms with Gasteiger partial charge in [0.15, 0.2) is 0 Å². The molecule has 0 spiro atoms. The Hall–Kier alpha value is -0.950. The smallest absolute Gasteiger partial charge is 0.0170 e. The van der Waals surface area contributed by atoms with Crippen molar-refractivity contribution in [3.63, 3.8) is 0 Å². The highest BCUT2D eigenvalue weighted by Gasteiger charge is 2.21. The quantitative estimate of drug-likeness (QED) is 0.579. The Morgan fingerprint density at radius 3 is 3.08 bits per heavy atom. The van der Waals surface area contributed by atoms with Crippen molar-refractivity contribution in [1.29, 1.82) is 0 Å². The lowest BCUT2D eigenvalue weighted by atomic mass is 10.1. The lowest BCUT2D eigenvalue weighted by Crippen LogP contribution is -1.78. The van der Waals surface area contributed by atoms with E-state index in [1.807, 2.05) is 11.8 Å². The Morgan fingerprint density at radius 2 is 2.08 bits per heavy atom. The molecule has 0 atom stereocenters. The first-order chi connectivity index (χ1) is 5.95. The molecule has 2 aliphatic rings. The number of thioether (sulfide) groups is 1. The van der Waals surface area contributed by atoms with Gasteiger partial charge in [-0.15, -0.1) is 11.8 Å². The SMILES string of the molecule is C1=C2SCC=C2c2ccccc21.